The predicted octanol–water partition coefficient (Wildman–Crippen LogP) is 2.57. The Bertz CT molecular complexity index is 335. The fourth-order valence-corrected chi connectivity index (χ4v) is 3.55. The van der Waals surface area contributed by atoms with Gasteiger partial charge in [-0.2, -0.15) is 0 Å². The summed E-state index contributed by atoms with van der Waals surface area (Å²) in [6.45, 7) is 14.6. The van der Waals surface area contributed by atoms with Crippen molar-refractivity contribution < 1.29 is 19.1 Å². The molecule has 1 N–H and O–H groups in total. The first-order valence-electron chi connectivity index (χ1n) is 7.00. The number of hydrogen-bond donors (Lipinski definition) is 1. The highest BCUT2D eigenvalue weighted by atomic mass is 28.4. The van der Waals surface area contributed by atoms with Gasteiger partial charge in [-0.25, -0.2) is 0 Å². The molecule has 1 fully saturated rings. The molecule has 1 heterocycles. The van der Waals surface area contributed by atoms with Crippen LogP contribution < -0.4 is 0 Å². The molecular weight excluding hydrogens is 260 g/mol. The van der Waals surface area contributed by atoms with Gasteiger partial charge in [0.2, 0.25) is 0 Å². The number of cyclic esters (lactones) is 1. The number of esters is 1. The van der Waals surface area contributed by atoms with Crippen LogP contribution in [0, 0.1) is 11.8 Å². The first kappa shape index (κ1) is 16.7. The van der Waals surface area contributed by atoms with Gasteiger partial charge in [0.05, 0.1) is 18.6 Å². The SMILES string of the molecule is C[C@@H]1[C@H](O[Si](C)(C)C(C)(C)C)[C@@H](C)C(=O)O[C@H]1CO. The minimum atomic E-state index is -1.94. The van der Waals surface area contributed by atoms with Crippen LogP contribution >= 0.6 is 0 Å². The Morgan fingerprint density at radius 1 is 1.32 bits per heavy atom. The molecule has 4 nitrogen and oxygen atoms in total. The molecule has 19 heavy (non-hydrogen) atoms. The standard InChI is InChI=1S/C14H28O4Si/c1-9-11(8-15)17-13(16)10(2)12(9)18-19(6,7)14(3,4)5/h9-12,15H,8H2,1-7H3/t9-,10+,11-,12-/m0/s1. The van der Waals surface area contributed by atoms with Crippen LogP contribution in [0.4, 0.5) is 0 Å². The average Bonchev–Trinajstić information content (AvgIpc) is 2.27. The van der Waals surface area contributed by atoms with Gasteiger partial charge in [-0.15, -0.1) is 0 Å². The van der Waals surface area contributed by atoms with Crippen LogP contribution in [-0.2, 0) is 14.0 Å². The number of carbonyl (C=O) groups excluding carboxylic acids is 1. The van der Waals surface area contributed by atoms with Crippen molar-refractivity contribution in [3.63, 3.8) is 0 Å². The van der Waals surface area contributed by atoms with E-state index in [2.05, 4.69) is 33.9 Å². The maximum absolute atomic E-state index is 11.9. The zero-order chi connectivity index (χ0) is 15.0. The summed E-state index contributed by atoms with van der Waals surface area (Å²) in [5, 5.41) is 9.42. The fourth-order valence-electron chi connectivity index (χ4n) is 2.09. The summed E-state index contributed by atoms with van der Waals surface area (Å²) in [7, 11) is -1.94. The number of rotatable bonds is 3. The summed E-state index contributed by atoms with van der Waals surface area (Å²) < 4.78 is 11.6. The third-order valence-corrected chi connectivity index (χ3v) is 9.13. The highest BCUT2D eigenvalue weighted by Gasteiger charge is 2.47. The van der Waals surface area contributed by atoms with E-state index in [-0.39, 0.29) is 35.6 Å². The lowest BCUT2D eigenvalue weighted by Crippen LogP contribution is -2.55. The third kappa shape index (κ3) is 3.38. The highest BCUT2D eigenvalue weighted by molar-refractivity contribution is 6.74. The van der Waals surface area contributed by atoms with E-state index in [0.717, 1.165) is 0 Å². The van der Waals surface area contributed by atoms with Crippen molar-refractivity contribution >= 4 is 14.3 Å². The molecule has 0 bridgehead atoms. The summed E-state index contributed by atoms with van der Waals surface area (Å²) in [6.07, 6.45) is -0.613. The molecule has 0 saturated carbocycles. The zero-order valence-corrected chi connectivity index (χ0v) is 14.2. The molecule has 0 spiro atoms. The van der Waals surface area contributed by atoms with Gasteiger partial charge < -0.3 is 14.3 Å². The maximum Gasteiger partial charge on any atom is 0.311 e. The van der Waals surface area contributed by atoms with E-state index >= 15 is 0 Å². The largest absolute Gasteiger partial charge is 0.459 e. The highest BCUT2D eigenvalue weighted by Crippen LogP contribution is 2.40. The first-order chi connectivity index (χ1) is 8.51. The predicted molar refractivity (Wildman–Crippen MR) is 77.4 cm³/mol. The number of aliphatic hydroxyl groups is 1. The monoisotopic (exact) mass is 288 g/mol. The number of aliphatic hydroxyl groups excluding tert-OH is 1. The van der Waals surface area contributed by atoms with Crippen molar-refractivity contribution in [1.82, 2.24) is 0 Å². The molecule has 0 aromatic rings. The summed E-state index contributed by atoms with van der Waals surface area (Å²) in [5.74, 6) is -0.514. The van der Waals surface area contributed by atoms with Crippen molar-refractivity contribution in [3.8, 4) is 0 Å². The Hall–Kier alpha value is -0.393. The molecule has 1 rings (SSSR count). The minimum absolute atomic E-state index is 0.0202. The van der Waals surface area contributed by atoms with Gasteiger partial charge in [0, 0.05) is 5.92 Å². The van der Waals surface area contributed by atoms with Crippen molar-refractivity contribution in [2.45, 2.75) is 65.0 Å². The number of hydrogen-bond acceptors (Lipinski definition) is 4. The van der Waals surface area contributed by atoms with E-state index < -0.39 is 14.4 Å². The molecule has 1 saturated heterocycles. The van der Waals surface area contributed by atoms with E-state index in [4.69, 9.17) is 9.16 Å². The maximum atomic E-state index is 11.9. The molecule has 0 amide bonds. The molecule has 0 aromatic carbocycles. The normalized spacial score (nSPS) is 33.2. The summed E-state index contributed by atoms with van der Waals surface area (Å²) in [5.41, 5.74) is 0. The lowest BCUT2D eigenvalue weighted by molar-refractivity contribution is -0.179. The Balaban J connectivity index is 2.93. The van der Waals surface area contributed by atoms with Crippen molar-refractivity contribution in [1.29, 1.82) is 0 Å². The van der Waals surface area contributed by atoms with Crippen LogP contribution in [0.2, 0.25) is 18.1 Å². The second kappa shape index (κ2) is 5.54. The zero-order valence-electron chi connectivity index (χ0n) is 13.2. The number of ether oxygens (including phenoxy) is 1. The van der Waals surface area contributed by atoms with Crippen molar-refractivity contribution in [3.05, 3.63) is 0 Å². The summed E-state index contributed by atoms with van der Waals surface area (Å²) in [4.78, 5) is 11.9. The fraction of sp³-hybridized carbons (Fsp3) is 0.929. The van der Waals surface area contributed by atoms with Crippen LogP contribution in [0.5, 0.6) is 0 Å². The first-order valence-corrected chi connectivity index (χ1v) is 9.91. The van der Waals surface area contributed by atoms with Gasteiger partial charge in [-0.3, -0.25) is 4.79 Å². The van der Waals surface area contributed by atoms with Gasteiger partial charge in [0.15, 0.2) is 8.32 Å². The molecule has 0 aliphatic carbocycles. The lowest BCUT2D eigenvalue weighted by Gasteiger charge is -2.45. The van der Waals surface area contributed by atoms with E-state index in [0.29, 0.717) is 0 Å². The quantitative estimate of drug-likeness (QED) is 0.640. The van der Waals surface area contributed by atoms with E-state index in [1.807, 2.05) is 13.8 Å². The summed E-state index contributed by atoms with van der Waals surface area (Å²) in [6, 6.07) is 0. The lowest BCUT2D eigenvalue weighted by atomic mass is 9.87. The van der Waals surface area contributed by atoms with E-state index in [1.54, 1.807) is 0 Å². The van der Waals surface area contributed by atoms with Gasteiger partial charge in [-0.1, -0.05) is 27.7 Å². The van der Waals surface area contributed by atoms with Crippen molar-refractivity contribution in [2.75, 3.05) is 6.61 Å². The van der Waals surface area contributed by atoms with E-state index in [9.17, 15) is 9.90 Å². The topological polar surface area (TPSA) is 55.8 Å². The van der Waals surface area contributed by atoms with Gasteiger partial charge in [-0.05, 0) is 25.1 Å². The molecule has 0 radical (unpaired) electrons. The Labute approximate surface area is 117 Å². The summed E-state index contributed by atoms with van der Waals surface area (Å²) >= 11 is 0. The molecular formula is C14H28O4Si. The smallest absolute Gasteiger partial charge is 0.311 e. The minimum Gasteiger partial charge on any atom is -0.459 e. The van der Waals surface area contributed by atoms with Gasteiger partial charge in [0.1, 0.15) is 6.10 Å². The van der Waals surface area contributed by atoms with Crippen molar-refractivity contribution in [2.24, 2.45) is 11.8 Å². The number of carbonyl (C=O) groups is 1. The molecule has 5 heteroatoms. The molecule has 1 aliphatic rings. The van der Waals surface area contributed by atoms with E-state index in [1.165, 1.54) is 0 Å². The van der Waals surface area contributed by atoms with Crippen LogP contribution in [0.3, 0.4) is 0 Å². The molecule has 1 aliphatic heterocycles. The second-order valence-corrected chi connectivity index (χ2v) is 11.9. The second-order valence-electron chi connectivity index (χ2n) is 7.15. The molecule has 0 unspecified atom stereocenters. The Morgan fingerprint density at radius 2 is 1.84 bits per heavy atom. The van der Waals surface area contributed by atoms with Crippen LogP contribution in [0.1, 0.15) is 34.6 Å². The van der Waals surface area contributed by atoms with Crippen LogP contribution in [-0.4, -0.2) is 38.2 Å². The Kier molecular flexibility index (Phi) is 4.86. The van der Waals surface area contributed by atoms with Crippen LogP contribution in [0.15, 0.2) is 0 Å². The molecule has 0 aromatic heterocycles. The molecule has 4 atom stereocenters. The van der Waals surface area contributed by atoms with Gasteiger partial charge >= 0.3 is 5.97 Å². The average molecular weight is 288 g/mol. The Morgan fingerprint density at radius 3 is 2.26 bits per heavy atom. The molecule has 112 valence electrons. The third-order valence-electron chi connectivity index (χ3n) is 4.65. The van der Waals surface area contributed by atoms with Crippen LogP contribution in [0.25, 0.3) is 0 Å². The van der Waals surface area contributed by atoms with Gasteiger partial charge in [0.25, 0.3) is 0 Å².